The Labute approximate surface area is 147 Å². The highest BCUT2D eigenvalue weighted by atomic mass is 32.2. The van der Waals surface area contributed by atoms with Crippen molar-refractivity contribution < 1.29 is 12.8 Å². The summed E-state index contributed by atoms with van der Waals surface area (Å²) < 4.78 is 40.3. The lowest BCUT2D eigenvalue weighted by atomic mass is 10.1. The van der Waals surface area contributed by atoms with E-state index in [0.717, 1.165) is 24.0 Å². The van der Waals surface area contributed by atoms with E-state index in [1.54, 1.807) is 46.3 Å². The van der Waals surface area contributed by atoms with Gasteiger partial charge in [0.1, 0.15) is 5.82 Å². The fourth-order valence-corrected chi connectivity index (χ4v) is 4.82. The number of nitrogens with zero attached hydrogens (tertiary/aromatic N) is 1. The van der Waals surface area contributed by atoms with Crippen molar-refractivity contribution in [3.05, 3.63) is 65.5 Å². The van der Waals surface area contributed by atoms with Gasteiger partial charge in [-0.2, -0.15) is 4.31 Å². The number of sulfonamides is 1. The molecule has 0 N–H and O–H groups in total. The van der Waals surface area contributed by atoms with Crippen LogP contribution in [0.5, 0.6) is 0 Å². The molecule has 1 heterocycles. The molecule has 2 fully saturated rings. The summed E-state index contributed by atoms with van der Waals surface area (Å²) in [5.74, 6) is -0.284. The molecule has 5 heteroatoms. The van der Waals surface area contributed by atoms with Crippen LogP contribution in [0.3, 0.4) is 0 Å². The molecule has 0 bridgehead atoms. The van der Waals surface area contributed by atoms with E-state index in [2.05, 4.69) is 0 Å². The standard InChI is InChI=1S/C20H20FNO2S/c21-19-7-3-16(4-8-19)17-5-9-20(10-6-17)25(23,24)22-13-11-18(12-14-22)15-1-2-15/h3-10H,1-2,11-14H2. The first-order chi connectivity index (χ1) is 12.0. The van der Waals surface area contributed by atoms with Crippen molar-refractivity contribution in [2.75, 3.05) is 13.1 Å². The number of allylic oxidation sites excluding steroid dienone is 1. The molecule has 1 aliphatic carbocycles. The zero-order chi connectivity index (χ0) is 17.4. The molecule has 0 unspecified atom stereocenters. The monoisotopic (exact) mass is 357 g/mol. The lowest BCUT2D eigenvalue weighted by Gasteiger charge is -2.27. The van der Waals surface area contributed by atoms with Gasteiger partial charge < -0.3 is 0 Å². The van der Waals surface area contributed by atoms with Crippen molar-refractivity contribution in [2.24, 2.45) is 0 Å². The maximum absolute atomic E-state index is 13.0. The Bertz CT molecular complexity index is 899. The molecular formula is C20H20FNO2S. The summed E-state index contributed by atoms with van der Waals surface area (Å²) in [6.45, 7) is 1.14. The second kappa shape index (κ2) is 6.39. The van der Waals surface area contributed by atoms with Crippen molar-refractivity contribution in [2.45, 2.75) is 30.6 Å². The Morgan fingerprint density at radius 2 is 1.20 bits per heavy atom. The average molecular weight is 357 g/mol. The molecule has 1 saturated carbocycles. The topological polar surface area (TPSA) is 37.4 Å². The van der Waals surface area contributed by atoms with E-state index in [1.807, 2.05) is 0 Å². The first-order valence-electron chi connectivity index (χ1n) is 8.60. The van der Waals surface area contributed by atoms with Gasteiger partial charge in [0.15, 0.2) is 0 Å². The molecule has 0 spiro atoms. The van der Waals surface area contributed by atoms with E-state index in [1.165, 1.54) is 30.5 Å². The number of benzene rings is 2. The van der Waals surface area contributed by atoms with Gasteiger partial charge in [0.2, 0.25) is 10.0 Å². The van der Waals surface area contributed by atoms with Crippen LogP contribution >= 0.6 is 0 Å². The predicted octanol–water partition coefficient (Wildman–Crippen LogP) is 4.37. The molecule has 1 saturated heterocycles. The van der Waals surface area contributed by atoms with Gasteiger partial charge >= 0.3 is 0 Å². The van der Waals surface area contributed by atoms with Gasteiger partial charge in [-0.3, -0.25) is 0 Å². The van der Waals surface area contributed by atoms with Crippen LogP contribution in [0.25, 0.3) is 11.1 Å². The minimum atomic E-state index is -3.45. The molecule has 3 nitrogen and oxygen atoms in total. The third-order valence-corrected chi connectivity index (χ3v) is 6.91. The average Bonchev–Trinajstić information content (AvgIpc) is 3.48. The minimum Gasteiger partial charge on any atom is -0.207 e. The third kappa shape index (κ3) is 3.39. The number of halogens is 1. The van der Waals surface area contributed by atoms with Gasteiger partial charge in [-0.05, 0) is 61.1 Å². The van der Waals surface area contributed by atoms with Crippen LogP contribution in [0.2, 0.25) is 0 Å². The molecule has 25 heavy (non-hydrogen) atoms. The Balaban J connectivity index is 1.52. The summed E-state index contributed by atoms with van der Waals surface area (Å²) in [7, 11) is -3.45. The first kappa shape index (κ1) is 16.5. The number of hydrogen-bond acceptors (Lipinski definition) is 2. The highest BCUT2D eigenvalue weighted by Gasteiger charge is 2.29. The van der Waals surface area contributed by atoms with Crippen molar-refractivity contribution in [3.63, 3.8) is 0 Å². The third-order valence-electron chi connectivity index (χ3n) is 5.00. The van der Waals surface area contributed by atoms with E-state index < -0.39 is 10.0 Å². The van der Waals surface area contributed by atoms with Crippen molar-refractivity contribution >= 4 is 10.0 Å². The molecule has 0 atom stereocenters. The Morgan fingerprint density at radius 3 is 1.72 bits per heavy atom. The highest BCUT2D eigenvalue weighted by Crippen LogP contribution is 2.37. The van der Waals surface area contributed by atoms with Gasteiger partial charge in [-0.25, -0.2) is 12.8 Å². The van der Waals surface area contributed by atoms with Crippen LogP contribution in [0, 0.1) is 5.82 Å². The molecule has 2 aromatic carbocycles. The van der Waals surface area contributed by atoms with Gasteiger partial charge in [0.25, 0.3) is 0 Å². The van der Waals surface area contributed by atoms with Crippen LogP contribution in [0.4, 0.5) is 4.39 Å². The number of rotatable bonds is 3. The first-order valence-corrected chi connectivity index (χ1v) is 10.0. The number of hydrogen-bond donors (Lipinski definition) is 0. The van der Waals surface area contributed by atoms with E-state index >= 15 is 0 Å². The Kier molecular flexibility index (Phi) is 4.21. The van der Waals surface area contributed by atoms with Crippen LogP contribution in [-0.2, 0) is 10.0 Å². The maximum atomic E-state index is 13.0. The lowest BCUT2D eigenvalue weighted by Crippen LogP contribution is -2.36. The van der Waals surface area contributed by atoms with Crippen LogP contribution in [0.15, 0.2) is 64.6 Å². The van der Waals surface area contributed by atoms with Gasteiger partial charge in [0.05, 0.1) is 4.90 Å². The molecule has 2 aromatic rings. The van der Waals surface area contributed by atoms with Crippen LogP contribution in [-0.4, -0.2) is 25.8 Å². The largest absolute Gasteiger partial charge is 0.243 e. The second-order valence-electron chi connectivity index (χ2n) is 6.64. The smallest absolute Gasteiger partial charge is 0.207 e. The molecule has 1 aliphatic heterocycles. The zero-order valence-corrected chi connectivity index (χ0v) is 14.7. The van der Waals surface area contributed by atoms with Crippen LogP contribution < -0.4 is 0 Å². The van der Waals surface area contributed by atoms with E-state index in [9.17, 15) is 12.8 Å². The van der Waals surface area contributed by atoms with E-state index in [0.29, 0.717) is 18.0 Å². The fraction of sp³-hybridized carbons (Fsp3) is 0.300. The number of piperidine rings is 1. The maximum Gasteiger partial charge on any atom is 0.243 e. The Morgan fingerprint density at radius 1 is 0.720 bits per heavy atom. The summed E-state index contributed by atoms with van der Waals surface area (Å²) in [5, 5.41) is 0. The summed E-state index contributed by atoms with van der Waals surface area (Å²) in [4.78, 5) is 0.320. The molecular weight excluding hydrogens is 337 g/mol. The summed E-state index contributed by atoms with van der Waals surface area (Å²) >= 11 is 0. The van der Waals surface area contributed by atoms with Gasteiger partial charge in [-0.1, -0.05) is 35.4 Å². The van der Waals surface area contributed by atoms with Gasteiger partial charge in [0, 0.05) is 13.1 Å². The van der Waals surface area contributed by atoms with E-state index in [4.69, 9.17) is 0 Å². The molecule has 0 amide bonds. The SMILES string of the molecule is O=S(=O)(c1ccc(-c2ccc(F)cc2)cc1)N1CCC(=C2CC2)CC1. The van der Waals surface area contributed by atoms with E-state index in [-0.39, 0.29) is 5.82 Å². The molecule has 0 radical (unpaired) electrons. The molecule has 2 aliphatic rings. The summed E-state index contributed by atoms with van der Waals surface area (Å²) in [6, 6.07) is 13.0. The predicted molar refractivity (Wildman–Crippen MR) is 96.1 cm³/mol. The lowest BCUT2D eigenvalue weighted by molar-refractivity contribution is 0.386. The molecule has 130 valence electrons. The Hall–Kier alpha value is -1.98. The van der Waals surface area contributed by atoms with Crippen molar-refractivity contribution in [1.82, 2.24) is 4.31 Å². The molecule has 4 rings (SSSR count). The second-order valence-corrected chi connectivity index (χ2v) is 8.58. The van der Waals surface area contributed by atoms with Crippen LogP contribution in [0.1, 0.15) is 25.7 Å². The van der Waals surface area contributed by atoms with Gasteiger partial charge in [-0.15, -0.1) is 0 Å². The quantitative estimate of drug-likeness (QED) is 0.765. The van der Waals surface area contributed by atoms with Crippen molar-refractivity contribution in [1.29, 1.82) is 0 Å². The minimum absolute atomic E-state index is 0.284. The highest BCUT2D eigenvalue weighted by molar-refractivity contribution is 7.89. The summed E-state index contributed by atoms with van der Waals surface area (Å²) in [5.41, 5.74) is 4.75. The molecule has 0 aromatic heterocycles. The fourth-order valence-electron chi connectivity index (χ4n) is 3.38. The summed E-state index contributed by atoms with van der Waals surface area (Å²) in [6.07, 6.45) is 4.13. The zero-order valence-electron chi connectivity index (χ0n) is 13.9. The normalized spacial score (nSPS) is 18.4. The van der Waals surface area contributed by atoms with Crippen molar-refractivity contribution in [3.8, 4) is 11.1 Å².